The molecular weight excluding hydrogens is 280 g/mol. The van der Waals surface area contributed by atoms with E-state index in [2.05, 4.69) is 30.3 Å². The van der Waals surface area contributed by atoms with E-state index in [1.807, 2.05) is 24.3 Å². The van der Waals surface area contributed by atoms with Crippen molar-refractivity contribution in [2.75, 3.05) is 21.3 Å². The lowest BCUT2D eigenvalue weighted by Gasteiger charge is -2.26. The highest BCUT2D eigenvalue weighted by Gasteiger charge is 2.42. The van der Waals surface area contributed by atoms with E-state index >= 15 is 0 Å². The molecule has 4 heteroatoms. The van der Waals surface area contributed by atoms with Crippen molar-refractivity contribution < 1.29 is 13.3 Å². The molecule has 0 amide bonds. The Kier molecular flexibility index (Phi) is 5.70. The van der Waals surface area contributed by atoms with Crippen LogP contribution in [0.2, 0.25) is 0 Å². The van der Waals surface area contributed by atoms with Crippen LogP contribution < -0.4 is 5.19 Å². The van der Waals surface area contributed by atoms with Crippen LogP contribution in [-0.2, 0) is 26.1 Å². The molecule has 2 rings (SSSR count). The second-order valence-electron chi connectivity index (χ2n) is 4.81. The van der Waals surface area contributed by atoms with Gasteiger partial charge in [-0.1, -0.05) is 54.6 Å². The summed E-state index contributed by atoms with van der Waals surface area (Å²) in [5.41, 5.74) is 2.55. The van der Waals surface area contributed by atoms with Crippen LogP contribution in [0.1, 0.15) is 11.1 Å². The zero-order valence-electron chi connectivity index (χ0n) is 12.8. The predicted molar refractivity (Wildman–Crippen MR) is 86.7 cm³/mol. The van der Waals surface area contributed by atoms with Crippen LogP contribution in [-0.4, -0.2) is 30.1 Å². The van der Waals surface area contributed by atoms with Gasteiger partial charge >= 0.3 is 8.80 Å². The standard InChI is InChI=1S/C17H22O3Si/c1-18-21(19-2,20-3)17-12-8-7-11-16(17)14-13-15-9-5-4-6-10-15/h4-12H,13-14H2,1-3H3. The van der Waals surface area contributed by atoms with Crippen molar-refractivity contribution in [1.82, 2.24) is 0 Å². The van der Waals surface area contributed by atoms with Gasteiger partial charge in [-0.2, -0.15) is 0 Å². The molecule has 21 heavy (non-hydrogen) atoms. The zero-order chi connectivity index (χ0) is 15.1. The van der Waals surface area contributed by atoms with Gasteiger partial charge in [0, 0.05) is 26.5 Å². The molecule has 0 radical (unpaired) electrons. The number of aryl methyl sites for hydroxylation is 2. The first-order chi connectivity index (χ1) is 10.3. The van der Waals surface area contributed by atoms with Gasteiger partial charge < -0.3 is 13.3 Å². The number of rotatable bonds is 7. The van der Waals surface area contributed by atoms with Crippen LogP contribution >= 0.6 is 0 Å². The van der Waals surface area contributed by atoms with Crippen molar-refractivity contribution in [3.05, 3.63) is 65.7 Å². The second-order valence-corrected chi connectivity index (χ2v) is 7.69. The quantitative estimate of drug-likeness (QED) is 0.736. The molecule has 0 saturated heterocycles. The Hall–Kier alpha value is -1.46. The van der Waals surface area contributed by atoms with E-state index < -0.39 is 8.80 Å². The molecule has 0 fully saturated rings. The Morgan fingerprint density at radius 3 is 1.90 bits per heavy atom. The van der Waals surface area contributed by atoms with Gasteiger partial charge in [-0.25, -0.2) is 0 Å². The zero-order valence-corrected chi connectivity index (χ0v) is 13.8. The molecule has 0 aliphatic carbocycles. The summed E-state index contributed by atoms with van der Waals surface area (Å²) in [6.45, 7) is 0. The first-order valence-corrected chi connectivity index (χ1v) is 8.76. The van der Waals surface area contributed by atoms with Gasteiger partial charge in [0.25, 0.3) is 0 Å². The summed E-state index contributed by atoms with van der Waals surface area (Å²) < 4.78 is 16.8. The van der Waals surface area contributed by atoms with Crippen LogP contribution in [0.3, 0.4) is 0 Å². The molecule has 0 aliphatic rings. The lowest BCUT2D eigenvalue weighted by molar-refractivity contribution is 0.140. The third-order valence-corrected chi connectivity index (χ3v) is 6.44. The fourth-order valence-electron chi connectivity index (χ4n) is 2.54. The van der Waals surface area contributed by atoms with Crippen LogP contribution in [0.4, 0.5) is 0 Å². The predicted octanol–water partition coefficient (Wildman–Crippen LogP) is 2.56. The molecule has 2 aromatic carbocycles. The smallest absolute Gasteiger partial charge is 0.373 e. The van der Waals surface area contributed by atoms with Gasteiger partial charge in [-0.05, 0) is 24.0 Å². The molecule has 0 spiro atoms. The van der Waals surface area contributed by atoms with Gasteiger partial charge in [0.15, 0.2) is 0 Å². The minimum absolute atomic E-state index is 0.936. The normalized spacial score (nSPS) is 11.6. The minimum atomic E-state index is -2.78. The summed E-state index contributed by atoms with van der Waals surface area (Å²) in [6, 6.07) is 18.7. The average molecular weight is 302 g/mol. The first-order valence-electron chi connectivity index (χ1n) is 7.03. The Morgan fingerprint density at radius 2 is 1.29 bits per heavy atom. The van der Waals surface area contributed by atoms with Crippen molar-refractivity contribution in [2.45, 2.75) is 12.8 Å². The van der Waals surface area contributed by atoms with Gasteiger partial charge in [-0.15, -0.1) is 0 Å². The van der Waals surface area contributed by atoms with Crippen molar-refractivity contribution >= 4 is 14.0 Å². The van der Waals surface area contributed by atoms with Crippen molar-refractivity contribution in [2.24, 2.45) is 0 Å². The molecule has 0 N–H and O–H groups in total. The molecule has 0 aliphatic heterocycles. The van der Waals surface area contributed by atoms with E-state index in [0.717, 1.165) is 18.0 Å². The van der Waals surface area contributed by atoms with Gasteiger partial charge in [0.05, 0.1) is 0 Å². The average Bonchev–Trinajstić information content (AvgIpc) is 2.57. The Morgan fingerprint density at radius 1 is 0.714 bits per heavy atom. The molecule has 3 nitrogen and oxygen atoms in total. The molecule has 112 valence electrons. The molecule has 2 aromatic rings. The summed E-state index contributed by atoms with van der Waals surface area (Å²) in [5, 5.41) is 1.05. The highest BCUT2D eigenvalue weighted by Crippen LogP contribution is 2.13. The van der Waals surface area contributed by atoms with Crippen LogP contribution in [0.15, 0.2) is 54.6 Å². The number of hydrogen-bond acceptors (Lipinski definition) is 3. The van der Waals surface area contributed by atoms with E-state index in [4.69, 9.17) is 13.3 Å². The summed E-state index contributed by atoms with van der Waals surface area (Å²) in [6.07, 6.45) is 1.92. The summed E-state index contributed by atoms with van der Waals surface area (Å²) in [4.78, 5) is 0. The largest absolute Gasteiger partial charge is 0.536 e. The van der Waals surface area contributed by atoms with Crippen LogP contribution in [0, 0.1) is 0 Å². The van der Waals surface area contributed by atoms with E-state index in [1.54, 1.807) is 21.3 Å². The Balaban J connectivity index is 2.24. The van der Waals surface area contributed by atoms with Crippen LogP contribution in [0.5, 0.6) is 0 Å². The lowest BCUT2D eigenvalue weighted by atomic mass is 10.0. The Labute approximate surface area is 127 Å². The van der Waals surface area contributed by atoms with E-state index in [1.165, 1.54) is 11.1 Å². The molecule has 0 saturated carbocycles. The van der Waals surface area contributed by atoms with Crippen molar-refractivity contribution in [3.63, 3.8) is 0 Å². The maximum absolute atomic E-state index is 5.61. The Bertz CT molecular complexity index is 545. The monoisotopic (exact) mass is 302 g/mol. The summed E-state index contributed by atoms with van der Waals surface area (Å²) in [7, 11) is 2.16. The maximum atomic E-state index is 5.61. The number of hydrogen-bond donors (Lipinski definition) is 0. The minimum Gasteiger partial charge on any atom is -0.373 e. The molecule has 0 bridgehead atoms. The second kappa shape index (κ2) is 7.52. The molecule has 0 unspecified atom stereocenters. The molecular formula is C17H22O3Si. The third kappa shape index (κ3) is 3.60. The van der Waals surface area contributed by atoms with Crippen molar-refractivity contribution in [1.29, 1.82) is 0 Å². The molecule has 0 atom stereocenters. The SMILES string of the molecule is CO[Si](OC)(OC)c1ccccc1CCc1ccccc1. The number of benzene rings is 2. The van der Waals surface area contributed by atoms with Gasteiger partial charge in [0.1, 0.15) is 0 Å². The molecule has 0 heterocycles. The topological polar surface area (TPSA) is 27.7 Å². The summed E-state index contributed by atoms with van der Waals surface area (Å²) >= 11 is 0. The van der Waals surface area contributed by atoms with Gasteiger partial charge in [0.2, 0.25) is 0 Å². The van der Waals surface area contributed by atoms with E-state index in [0.29, 0.717) is 0 Å². The fourth-order valence-corrected chi connectivity index (χ4v) is 4.60. The first kappa shape index (κ1) is 15.9. The summed E-state index contributed by atoms with van der Waals surface area (Å²) in [5.74, 6) is 0. The van der Waals surface area contributed by atoms with E-state index in [-0.39, 0.29) is 0 Å². The fraction of sp³-hybridized carbons (Fsp3) is 0.294. The lowest BCUT2D eigenvalue weighted by Crippen LogP contribution is -2.56. The molecule has 0 aromatic heterocycles. The van der Waals surface area contributed by atoms with Gasteiger partial charge in [-0.3, -0.25) is 0 Å². The van der Waals surface area contributed by atoms with Crippen molar-refractivity contribution in [3.8, 4) is 0 Å². The maximum Gasteiger partial charge on any atom is 0.536 e. The third-order valence-electron chi connectivity index (χ3n) is 3.68. The highest BCUT2D eigenvalue weighted by molar-refractivity contribution is 6.75. The van der Waals surface area contributed by atoms with E-state index in [9.17, 15) is 0 Å². The van der Waals surface area contributed by atoms with Crippen LogP contribution in [0.25, 0.3) is 0 Å². The highest BCUT2D eigenvalue weighted by atomic mass is 28.4.